The molecule has 0 saturated carbocycles. The zero-order chi connectivity index (χ0) is 22.1. The summed E-state index contributed by atoms with van der Waals surface area (Å²) in [5, 5.41) is 12.1. The van der Waals surface area contributed by atoms with E-state index in [9.17, 15) is 23.3 Å². The maximum absolute atomic E-state index is 12.7. The summed E-state index contributed by atoms with van der Waals surface area (Å²) in [5.74, 6) is -1.12. The van der Waals surface area contributed by atoms with Gasteiger partial charge in [0.2, 0.25) is 0 Å². The highest BCUT2D eigenvalue weighted by Gasteiger charge is 2.31. The summed E-state index contributed by atoms with van der Waals surface area (Å²) in [6.07, 6.45) is 3.48. The van der Waals surface area contributed by atoms with Crippen LogP contribution in [0.1, 0.15) is 43.5 Å². The minimum atomic E-state index is -3.09. The molecule has 2 rings (SSSR count). The van der Waals surface area contributed by atoms with E-state index in [2.05, 4.69) is 5.32 Å². The fourth-order valence-electron chi connectivity index (χ4n) is 3.14. The lowest BCUT2D eigenvalue weighted by Gasteiger charge is -2.25. The summed E-state index contributed by atoms with van der Waals surface area (Å²) < 4.78 is 28.7. The number of carbonyl (C=O) groups is 2. The number of sulfone groups is 1. The van der Waals surface area contributed by atoms with Crippen molar-refractivity contribution in [1.29, 1.82) is 5.26 Å². The molecule has 1 aliphatic heterocycles. The summed E-state index contributed by atoms with van der Waals surface area (Å²) in [7, 11) is -3.09. The van der Waals surface area contributed by atoms with Gasteiger partial charge in [-0.2, -0.15) is 5.26 Å². The van der Waals surface area contributed by atoms with Crippen molar-refractivity contribution in [3.8, 4) is 6.07 Å². The first-order chi connectivity index (χ1) is 14.3. The minimum Gasteiger partial charge on any atom is -0.462 e. The van der Waals surface area contributed by atoms with Gasteiger partial charge in [0.05, 0.1) is 29.4 Å². The number of carbonyl (C=O) groups excluding carboxylic acids is 2. The van der Waals surface area contributed by atoms with Crippen molar-refractivity contribution < 1.29 is 22.7 Å². The van der Waals surface area contributed by atoms with E-state index in [-0.39, 0.29) is 41.0 Å². The third kappa shape index (κ3) is 6.32. The number of esters is 1. The lowest BCUT2D eigenvalue weighted by atomic mass is 10.1. The topological polar surface area (TPSA) is 117 Å². The van der Waals surface area contributed by atoms with Crippen LogP contribution in [-0.4, -0.2) is 55.9 Å². The predicted molar refractivity (Wildman–Crippen MR) is 113 cm³/mol. The van der Waals surface area contributed by atoms with Gasteiger partial charge >= 0.3 is 5.97 Å². The Hall–Kier alpha value is -2.86. The molecule has 0 bridgehead atoms. The molecule has 8 nitrogen and oxygen atoms in total. The molecule has 0 aromatic heterocycles. The molecule has 1 amide bonds. The molecule has 30 heavy (non-hydrogen) atoms. The van der Waals surface area contributed by atoms with Crippen LogP contribution in [0.15, 0.2) is 36.0 Å². The number of hydrogen-bond acceptors (Lipinski definition) is 7. The molecular formula is C21H27N3O5S. The number of hydrogen-bond donors (Lipinski definition) is 1. The first kappa shape index (κ1) is 23.4. The van der Waals surface area contributed by atoms with Crippen LogP contribution in [0, 0.1) is 11.3 Å². The number of para-hydroxylation sites is 1. The van der Waals surface area contributed by atoms with Crippen molar-refractivity contribution in [3.05, 3.63) is 41.6 Å². The van der Waals surface area contributed by atoms with Crippen molar-refractivity contribution in [3.63, 3.8) is 0 Å². The first-order valence-corrected chi connectivity index (χ1v) is 11.8. The Bertz CT molecular complexity index is 950. The summed E-state index contributed by atoms with van der Waals surface area (Å²) in [6, 6.07) is 8.02. The lowest BCUT2D eigenvalue weighted by Crippen LogP contribution is -2.32. The molecule has 1 fully saturated rings. The van der Waals surface area contributed by atoms with E-state index < -0.39 is 21.7 Å². The van der Waals surface area contributed by atoms with Crippen LogP contribution in [0.2, 0.25) is 0 Å². The second-order valence-corrected chi connectivity index (χ2v) is 9.26. The molecule has 162 valence electrons. The van der Waals surface area contributed by atoms with E-state index in [0.29, 0.717) is 13.0 Å². The molecular weight excluding hydrogens is 406 g/mol. The fraction of sp³-hybridized carbons (Fsp3) is 0.476. The zero-order valence-corrected chi connectivity index (χ0v) is 18.1. The highest BCUT2D eigenvalue weighted by molar-refractivity contribution is 7.91. The number of ether oxygens (including phenoxy) is 1. The molecule has 1 atom stereocenters. The summed E-state index contributed by atoms with van der Waals surface area (Å²) >= 11 is 0. The van der Waals surface area contributed by atoms with Gasteiger partial charge < -0.3 is 15.0 Å². The van der Waals surface area contributed by atoms with E-state index in [1.54, 1.807) is 29.2 Å². The highest BCUT2D eigenvalue weighted by atomic mass is 32.2. The van der Waals surface area contributed by atoms with Crippen molar-refractivity contribution in [2.24, 2.45) is 0 Å². The standard InChI is InChI=1S/C21H27N3O5S/c1-3-5-11-29-21(26)18-8-6-7-9-19(18)23-20(25)16(13-22)14-24(4-2)17-10-12-30(27,28)15-17/h6-9,14,17H,3-5,10-12,15H2,1-2H3,(H,23,25)/b16-14-. The molecule has 9 heteroatoms. The molecule has 1 aliphatic rings. The third-order valence-electron chi connectivity index (χ3n) is 4.83. The number of nitrogens with one attached hydrogen (secondary N) is 1. The molecule has 0 radical (unpaired) electrons. The van der Waals surface area contributed by atoms with Gasteiger partial charge in [0.25, 0.3) is 5.91 Å². The molecule has 0 aliphatic carbocycles. The van der Waals surface area contributed by atoms with Crippen LogP contribution < -0.4 is 5.32 Å². The van der Waals surface area contributed by atoms with Crippen LogP contribution in [0.5, 0.6) is 0 Å². The maximum Gasteiger partial charge on any atom is 0.340 e. The quantitative estimate of drug-likeness (QED) is 0.275. The Kier molecular flexibility index (Phi) is 8.42. The van der Waals surface area contributed by atoms with Gasteiger partial charge in [-0.1, -0.05) is 25.5 Å². The number of nitriles is 1. The SMILES string of the molecule is CCCCOC(=O)c1ccccc1NC(=O)/C(C#N)=C\N(CC)C1CCS(=O)(=O)C1. The van der Waals surface area contributed by atoms with Gasteiger partial charge in [-0.15, -0.1) is 0 Å². The Morgan fingerprint density at radius 3 is 2.67 bits per heavy atom. The number of benzene rings is 1. The van der Waals surface area contributed by atoms with Crippen LogP contribution in [0.25, 0.3) is 0 Å². The van der Waals surface area contributed by atoms with E-state index in [4.69, 9.17) is 4.74 Å². The monoisotopic (exact) mass is 433 g/mol. The number of rotatable bonds is 9. The average Bonchev–Trinajstić information content (AvgIpc) is 3.08. The van der Waals surface area contributed by atoms with Crippen LogP contribution in [0.4, 0.5) is 5.69 Å². The van der Waals surface area contributed by atoms with Gasteiger partial charge in [0, 0.05) is 18.8 Å². The lowest BCUT2D eigenvalue weighted by molar-refractivity contribution is -0.112. The largest absolute Gasteiger partial charge is 0.462 e. The summed E-state index contributed by atoms with van der Waals surface area (Å²) in [5.41, 5.74) is 0.278. The van der Waals surface area contributed by atoms with Gasteiger partial charge in [0.15, 0.2) is 9.84 Å². The Morgan fingerprint density at radius 1 is 1.33 bits per heavy atom. The first-order valence-electron chi connectivity index (χ1n) is 9.96. The molecule has 1 N–H and O–H groups in total. The second-order valence-electron chi connectivity index (χ2n) is 7.03. The van der Waals surface area contributed by atoms with E-state index in [1.165, 1.54) is 6.20 Å². The molecule has 1 aromatic carbocycles. The normalized spacial score (nSPS) is 17.8. The zero-order valence-electron chi connectivity index (χ0n) is 17.3. The van der Waals surface area contributed by atoms with Crippen LogP contribution in [-0.2, 0) is 19.4 Å². The highest BCUT2D eigenvalue weighted by Crippen LogP contribution is 2.20. The summed E-state index contributed by atoms with van der Waals surface area (Å²) in [4.78, 5) is 26.7. The van der Waals surface area contributed by atoms with Gasteiger partial charge in [0.1, 0.15) is 11.6 Å². The van der Waals surface area contributed by atoms with Crippen molar-refractivity contribution in [1.82, 2.24) is 4.90 Å². The Morgan fingerprint density at radius 2 is 2.07 bits per heavy atom. The predicted octanol–water partition coefficient (Wildman–Crippen LogP) is 2.50. The van der Waals surface area contributed by atoms with Crippen molar-refractivity contribution in [2.45, 2.75) is 39.2 Å². The molecule has 1 unspecified atom stereocenters. The second kappa shape index (κ2) is 10.8. The van der Waals surface area contributed by atoms with Gasteiger partial charge in [-0.25, -0.2) is 13.2 Å². The number of amides is 1. The smallest absolute Gasteiger partial charge is 0.340 e. The maximum atomic E-state index is 12.7. The number of nitrogens with zero attached hydrogens (tertiary/aromatic N) is 2. The number of anilines is 1. The van der Waals surface area contributed by atoms with Gasteiger partial charge in [-0.3, -0.25) is 4.79 Å². The summed E-state index contributed by atoms with van der Waals surface area (Å²) in [6.45, 7) is 4.56. The third-order valence-corrected chi connectivity index (χ3v) is 6.58. The van der Waals surface area contributed by atoms with Gasteiger partial charge in [-0.05, 0) is 31.9 Å². The van der Waals surface area contributed by atoms with Crippen molar-refractivity contribution >= 4 is 27.4 Å². The fourth-order valence-corrected chi connectivity index (χ4v) is 4.88. The van der Waals surface area contributed by atoms with E-state index in [0.717, 1.165) is 12.8 Å². The molecule has 1 saturated heterocycles. The van der Waals surface area contributed by atoms with E-state index >= 15 is 0 Å². The van der Waals surface area contributed by atoms with E-state index in [1.807, 2.05) is 19.9 Å². The number of unbranched alkanes of at least 4 members (excludes halogenated alkanes) is 1. The minimum absolute atomic E-state index is 0.00407. The van der Waals surface area contributed by atoms with Crippen LogP contribution in [0.3, 0.4) is 0 Å². The Labute approximate surface area is 177 Å². The molecule has 1 aromatic rings. The average molecular weight is 434 g/mol. The Balaban J connectivity index is 2.16. The molecule has 0 spiro atoms. The van der Waals surface area contributed by atoms with Crippen LogP contribution >= 0.6 is 0 Å². The van der Waals surface area contributed by atoms with Crippen molar-refractivity contribution in [2.75, 3.05) is 30.0 Å². The molecule has 1 heterocycles.